The average molecular weight is 196 g/mol. The fourth-order valence-corrected chi connectivity index (χ4v) is 2.64. The second-order valence-corrected chi connectivity index (χ2v) is 4.46. The molecule has 1 saturated carbocycles. The maximum Gasteiger partial charge on any atom is 0.0612 e. The lowest BCUT2D eigenvalue weighted by atomic mass is 9.77. The van der Waals surface area contributed by atoms with E-state index in [1.54, 1.807) is 0 Å². The van der Waals surface area contributed by atoms with Crippen LogP contribution < -0.4 is 0 Å². The number of hydrogen-bond acceptors (Lipinski definition) is 1. The molecule has 1 heteroatoms. The molecule has 0 aromatic heterocycles. The molecule has 0 aromatic carbocycles. The van der Waals surface area contributed by atoms with Gasteiger partial charge in [0.25, 0.3) is 0 Å². The molecule has 1 aliphatic carbocycles. The first-order chi connectivity index (χ1) is 6.88. The lowest BCUT2D eigenvalue weighted by Crippen LogP contribution is -2.16. The number of aliphatic hydroxyl groups excluding tert-OH is 1. The molecule has 0 aliphatic heterocycles. The van der Waals surface area contributed by atoms with Crippen molar-refractivity contribution in [3.63, 3.8) is 0 Å². The van der Waals surface area contributed by atoms with Crippen LogP contribution in [-0.2, 0) is 0 Å². The molecule has 1 fully saturated rings. The first-order valence-corrected chi connectivity index (χ1v) is 6.14. The highest BCUT2D eigenvalue weighted by Crippen LogP contribution is 2.33. The number of hydrogen-bond donors (Lipinski definition) is 1. The van der Waals surface area contributed by atoms with E-state index >= 15 is 0 Å². The molecule has 0 aromatic rings. The van der Waals surface area contributed by atoms with E-state index in [0.29, 0.717) is 0 Å². The van der Waals surface area contributed by atoms with Crippen molar-refractivity contribution in [1.82, 2.24) is 0 Å². The molecule has 0 heterocycles. The van der Waals surface area contributed by atoms with Gasteiger partial charge in [-0.3, -0.25) is 0 Å². The minimum absolute atomic E-state index is 0.196. The smallest absolute Gasteiger partial charge is 0.0612 e. The van der Waals surface area contributed by atoms with Gasteiger partial charge in [-0.05, 0) is 18.3 Å². The normalized spacial score (nSPS) is 21.6. The SMILES string of the molecule is CC[C@@H](C/C=C/CO)C1CCCCC1. The van der Waals surface area contributed by atoms with Crippen LogP contribution in [0.4, 0.5) is 0 Å². The molecule has 1 atom stereocenters. The lowest BCUT2D eigenvalue weighted by Gasteiger charge is -2.28. The van der Waals surface area contributed by atoms with E-state index in [1.165, 1.54) is 44.9 Å². The van der Waals surface area contributed by atoms with Gasteiger partial charge in [0.1, 0.15) is 0 Å². The highest BCUT2D eigenvalue weighted by atomic mass is 16.2. The lowest BCUT2D eigenvalue weighted by molar-refractivity contribution is 0.242. The van der Waals surface area contributed by atoms with E-state index in [-0.39, 0.29) is 6.61 Å². The second kappa shape index (κ2) is 7.05. The van der Waals surface area contributed by atoms with Crippen molar-refractivity contribution in [2.24, 2.45) is 11.8 Å². The highest BCUT2D eigenvalue weighted by Gasteiger charge is 2.20. The third-order valence-corrected chi connectivity index (χ3v) is 3.55. The summed E-state index contributed by atoms with van der Waals surface area (Å²) in [6.45, 7) is 2.49. The summed E-state index contributed by atoms with van der Waals surface area (Å²) in [5, 5.41) is 8.68. The van der Waals surface area contributed by atoms with Crippen LogP contribution >= 0.6 is 0 Å². The van der Waals surface area contributed by atoms with Crippen molar-refractivity contribution in [3.8, 4) is 0 Å². The monoisotopic (exact) mass is 196 g/mol. The van der Waals surface area contributed by atoms with E-state index in [9.17, 15) is 0 Å². The van der Waals surface area contributed by atoms with Crippen LogP contribution in [0.25, 0.3) is 0 Å². The van der Waals surface area contributed by atoms with E-state index in [2.05, 4.69) is 13.0 Å². The molecule has 1 rings (SSSR count). The summed E-state index contributed by atoms with van der Waals surface area (Å²) >= 11 is 0. The Morgan fingerprint density at radius 3 is 2.50 bits per heavy atom. The van der Waals surface area contributed by atoms with Crippen molar-refractivity contribution in [2.75, 3.05) is 6.61 Å². The van der Waals surface area contributed by atoms with Gasteiger partial charge in [-0.1, -0.05) is 57.6 Å². The molecular weight excluding hydrogens is 172 g/mol. The van der Waals surface area contributed by atoms with Gasteiger partial charge in [0.05, 0.1) is 6.61 Å². The quantitative estimate of drug-likeness (QED) is 0.667. The largest absolute Gasteiger partial charge is 0.392 e. The standard InChI is InChI=1S/C13H24O/c1-2-12(8-6-7-11-14)13-9-4-3-5-10-13/h6-7,12-14H,2-5,8-11H2,1H3/b7-6+/t12-/m0/s1. The Balaban J connectivity index is 2.31. The van der Waals surface area contributed by atoms with Crippen LogP contribution in [-0.4, -0.2) is 11.7 Å². The number of aliphatic hydroxyl groups is 1. The molecule has 0 unspecified atom stereocenters. The molecule has 0 bridgehead atoms. The minimum Gasteiger partial charge on any atom is -0.392 e. The number of allylic oxidation sites excluding steroid dienone is 1. The third-order valence-electron chi connectivity index (χ3n) is 3.55. The molecular formula is C13H24O. The fraction of sp³-hybridized carbons (Fsp3) is 0.846. The summed E-state index contributed by atoms with van der Waals surface area (Å²) in [5.41, 5.74) is 0. The molecule has 14 heavy (non-hydrogen) atoms. The van der Waals surface area contributed by atoms with E-state index in [4.69, 9.17) is 5.11 Å². The van der Waals surface area contributed by atoms with Gasteiger partial charge in [0.2, 0.25) is 0 Å². The first-order valence-electron chi connectivity index (χ1n) is 6.14. The highest BCUT2D eigenvalue weighted by molar-refractivity contribution is 4.86. The predicted octanol–water partition coefficient (Wildman–Crippen LogP) is 3.53. The van der Waals surface area contributed by atoms with E-state index in [0.717, 1.165) is 11.8 Å². The zero-order valence-electron chi connectivity index (χ0n) is 9.41. The van der Waals surface area contributed by atoms with E-state index < -0.39 is 0 Å². The molecule has 82 valence electrons. The van der Waals surface area contributed by atoms with Crippen molar-refractivity contribution < 1.29 is 5.11 Å². The third kappa shape index (κ3) is 3.83. The molecule has 1 N–H and O–H groups in total. The van der Waals surface area contributed by atoms with Crippen LogP contribution in [0, 0.1) is 11.8 Å². The summed E-state index contributed by atoms with van der Waals surface area (Å²) in [6, 6.07) is 0. The van der Waals surface area contributed by atoms with Gasteiger partial charge in [-0.15, -0.1) is 0 Å². The summed E-state index contributed by atoms with van der Waals surface area (Å²) < 4.78 is 0. The van der Waals surface area contributed by atoms with Crippen molar-refractivity contribution in [1.29, 1.82) is 0 Å². The molecule has 0 amide bonds. The molecule has 0 radical (unpaired) electrons. The Labute approximate surface area is 88.2 Å². The van der Waals surface area contributed by atoms with Gasteiger partial charge in [0, 0.05) is 0 Å². The van der Waals surface area contributed by atoms with E-state index in [1.807, 2.05) is 6.08 Å². The zero-order chi connectivity index (χ0) is 10.2. The second-order valence-electron chi connectivity index (χ2n) is 4.46. The summed E-state index contributed by atoms with van der Waals surface area (Å²) in [6.07, 6.45) is 13.7. The minimum atomic E-state index is 0.196. The molecule has 0 spiro atoms. The molecule has 1 nitrogen and oxygen atoms in total. The molecule has 0 saturated heterocycles. The van der Waals surface area contributed by atoms with Crippen molar-refractivity contribution in [3.05, 3.63) is 12.2 Å². The average Bonchev–Trinajstić information content (AvgIpc) is 2.26. The summed E-state index contributed by atoms with van der Waals surface area (Å²) in [7, 11) is 0. The van der Waals surface area contributed by atoms with Crippen LogP contribution in [0.1, 0.15) is 51.9 Å². The predicted molar refractivity (Wildman–Crippen MR) is 61.2 cm³/mol. The van der Waals surface area contributed by atoms with Crippen LogP contribution in [0.2, 0.25) is 0 Å². The topological polar surface area (TPSA) is 20.2 Å². The Bertz CT molecular complexity index is 157. The summed E-state index contributed by atoms with van der Waals surface area (Å²) in [5.74, 6) is 1.81. The van der Waals surface area contributed by atoms with Crippen LogP contribution in [0.5, 0.6) is 0 Å². The summed E-state index contributed by atoms with van der Waals surface area (Å²) in [4.78, 5) is 0. The number of rotatable bonds is 5. The zero-order valence-corrected chi connectivity index (χ0v) is 9.41. The maximum atomic E-state index is 8.68. The molecule has 1 aliphatic rings. The van der Waals surface area contributed by atoms with Gasteiger partial charge in [-0.25, -0.2) is 0 Å². The Hall–Kier alpha value is -0.300. The first kappa shape index (κ1) is 11.8. The van der Waals surface area contributed by atoms with Crippen LogP contribution in [0.15, 0.2) is 12.2 Å². The van der Waals surface area contributed by atoms with Crippen LogP contribution in [0.3, 0.4) is 0 Å². The fourth-order valence-electron chi connectivity index (χ4n) is 2.64. The van der Waals surface area contributed by atoms with Gasteiger partial charge < -0.3 is 5.11 Å². The van der Waals surface area contributed by atoms with Crippen molar-refractivity contribution in [2.45, 2.75) is 51.9 Å². The maximum absolute atomic E-state index is 8.68. The van der Waals surface area contributed by atoms with Gasteiger partial charge in [-0.2, -0.15) is 0 Å². The van der Waals surface area contributed by atoms with Gasteiger partial charge in [0.15, 0.2) is 0 Å². The van der Waals surface area contributed by atoms with Crippen molar-refractivity contribution >= 4 is 0 Å². The Kier molecular flexibility index (Phi) is 5.93. The van der Waals surface area contributed by atoms with Gasteiger partial charge >= 0.3 is 0 Å². The Morgan fingerprint density at radius 1 is 1.21 bits per heavy atom. The Morgan fingerprint density at radius 2 is 1.93 bits per heavy atom.